The van der Waals surface area contributed by atoms with Crippen LogP contribution in [0.25, 0.3) is 11.0 Å². The lowest BCUT2D eigenvalue weighted by molar-refractivity contribution is 0.110. The number of aldehydes is 1. The van der Waals surface area contributed by atoms with Gasteiger partial charge in [0.15, 0.2) is 23.4 Å². The van der Waals surface area contributed by atoms with Gasteiger partial charge in [-0.2, -0.15) is 0 Å². The van der Waals surface area contributed by atoms with Crippen molar-refractivity contribution in [2.24, 2.45) is 0 Å². The van der Waals surface area contributed by atoms with Crippen molar-refractivity contribution in [1.29, 1.82) is 0 Å². The minimum Gasteiger partial charge on any atom is -0.450 e. The van der Waals surface area contributed by atoms with Crippen LogP contribution in [-0.4, -0.2) is 6.29 Å². The van der Waals surface area contributed by atoms with Crippen molar-refractivity contribution in [2.75, 3.05) is 0 Å². The summed E-state index contributed by atoms with van der Waals surface area (Å²) in [6.07, 6.45) is 1.28. The second-order valence-electron chi connectivity index (χ2n) is 3.03. The summed E-state index contributed by atoms with van der Waals surface area (Å²) in [4.78, 5) is 10.7. The molecule has 0 N–H and O–H groups in total. The Bertz CT molecular complexity index is 485. The van der Waals surface area contributed by atoms with Gasteiger partial charge in [0.1, 0.15) is 0 Å². The molecule has 0 fully saturated rings. The number of furan rings is 1. The van der Waals surface area contributed by atoms with Gasteiger partial charge in [-0.3, -0.25) is 4.79 Å². The summed E-state index contributed by atoms with van der Waals surface area (Å²) in [7, 11) is 0. The lowest BCUT2D eigenvalue weighted by Gasteiger charge is -1.91. The zero-order valence-corrected chi connectivity index (χ0v) is 7.71. The van der Waals surface area contributed by atoms with Crippen molar-refractivity contribution >= 4 is 17.3 Å². The van der Waals surface area contributed by atoms with Gasteiger partial charge in [0, 0.05) is 10.9 Å². The van der Waals surface area contributed by atoms with Crippen molar-refractivity contribution in [2.45, 2.75) is 13.3 Å². The third-order valence-electron chi connectivity index (χ3n) is 2.26. The SMILES string of the molecule is CCc1c(C=O)oc2c(F)cccc12. The van der Waals surface area contributed by atoms with Crippen LogP contribution in [-0.2, 0) is 6.42 Å². The van der Waals surface area contributed by atoms with Crippen LogP contribution >= 0.6 is 0 Å². The molecule has 0 amide bonds. The largest absolute Gasteiger partial charge is 0.450 e. The van der Waals surface area contributed by atoms with Gasteiger partial charge >= 0.3 is 0 Å². The standard InChI is InChI=1S/C11H9FO2/c1-2-7-8-4-3-5-9(12)11(8)14-10(7)6-13/h3-6H,2H2,1H3. The van der Waals surface area contributed by atoms with E-state index in [0.29, 0.717) is 18.1 Å². The predicted molar refractivity (Wildman–Crippen MR) is 50.9 cm³/mol. The highest BCUT2D eigenvalue weighted by Crippen LogP contribution is 2.27. The topological polar surface area (TPSA) is 30.2 Å². The average Bonchev–Trinajstić information content (AvgIpc) is 2.57. The van der Waals surface area contributed by atoms with E-state index in [9.17, 15) is 9.18 Å². The van der Waals surface area contributed by atoms with Crippen LogP contribution in [0, 0.1) is 5.82 Å². The minimum atomic E-state index is -0.426. The van der Waals surface area contributed by atoms with Crippen molar-refractivity contribution in [3.05, 3.63) is 35.3 Å². The molecule has 0 aliphatic carbocycles. The lowest BCUT2D eigenvalue weighted by Crippen LogP contribution is -1.83. The van der Waals surface area contributed by atoms with Crippen molar-refractivity contribution in [3.63, 3.8) is 0 Å². The number of rotatable bonds is 2. The first-order valence-corrected chi connectivity index (χ1v) is 4.43. The van der Waals surface area contributed by atoms with Crippen molar-refractivity contribution in [3.8, 4) is 0 Å². The summed E-state index contributed by atoms with van der Waals surface area (Å²) in [5.41, 5.74) is 0.945. The molecule has 14 heavy (non-hydrogen) atoms. The van der Waals surface area contributed by atoms with E-state index in [-0.39, 0.29) is 11.3 Å². The summed E-state index contributed by atoms with van der Waals surface area (Å²) < 4.78 is 18.4. The molecule has 0 aliphatic heterocycles. The van der Waals surface area contributed by atoms with Gasteiger partial charge in [-0.1, -0.05) is 19.1 Å². The molecule has 0 aliphatic rings. The maximum Gasteiger partial charge on any atom is 0.185 e. The Balaban J connectivity index is 2.86. The van der Waals surface area contributed by atoms with Gasteiger partial charge in [-0.25, -0.2) is 4.39 Å². The minimum absolute atomic E-state index is 0.173. The van der Waals surface area contributed by atoms with E-state index >= 15 is 0 Å². The highest BCUT2D eigenvalue weighted by molar-refractivity contribution is 5.89. The smallest absolute Gasteiger partial charge is 0.185 e. The third kappa shape index (κ3) is 1.13. The Labute approximate surface area is 80.3 Å². The van der Waals surface area contributed by atoms with E-state index in [0.717, 1.165) is 5.56 Å². The number of carbonyl (C=O) groups is 1. The molecule has 0 radical (unpaired) electrons. The molecule has 0 spiro atoms. The number of aryl methyl sites for hydroxylation is 1. The van der Waals surface area contributed by atoms with E-state index in [2.05, 4.69) is 0 Å². The molecule has 0 saturated heterocycles. The Morgan fingerprint density at radius 1 is 1.50 bits per heavy atom. The van der Waals surface area contributed by atoms with E-state index < -0.39 is 5.82 Å². The first-order chi connectivity index (χ1) is 6.77. The second kappa shape index (κ2) is 3.25. The normalized spacial score (nSPS) is 10.7. The first kappa shape index (κ1) is 8.94. The van der Waals surface area contributed by atoms with Gasteiger partial charge < -0.3 is 4.42 Å². The van der Waals surface area contributed by atoms with Crippen LogP contribution in [0.4, 0.5) is 4.39 Å². The fourth-order valence-corrected chi connectivity index (χ4v) is 1.61. The van der Waals surface area contributed by atoms with E-state index in [4.69, 9.17) is 4.42 Å². The fraction of sp³-hybridized carbons (Fsp3) is 0.182. The summed E-state index contributed by atoms with van der Waals surface area (Å²) in [6.45, 7) is 1.90. The maximum absolute atomic E-state index is 13.2. The van der Waals surface area contributed by atoms with E-state index in [1.165, 1.54) is 6.07 Å². The monoisotopic (exact) mass is 192 g/mol. The molecule has 2 aromatic rings. The molecule has 1 aromatic carbocycles. The van der Waals surface area contributed by atoms with E-state index in [1.807, 2.05) is 6.92 Å². The molecule has 1 aromatic heterocycles. The molecular formula is C11H9FO2. The Hall–Kier alpha value is -1.64. The summed E-state index contributed by atoms with van der Waals surface area (Å²) in [6, 6.07) is 4.69. The summed E-state index contributed by atoms with van der Waals surface area (Å²) >= 11 is 0. The molecule has 72 valence electrons. The number of fused-ring (bicyclic) bond motifs is 1. The van der Waals surface area contributed by atoms with Crippen LogP contribution in [0.3, 0.4) is 0 Å². The molecular weight excluding hydrogens is 183 g/mol. The Morgan fingerprint density at radius 2 is 2.29 bits per heavy atom. The average molecular weight is 192 g/mol. The maximum atomic E-state index is 13.2. The second-order valence-corrected chi connectivity index (χ2v) is 3.03. The number of benzene rings is 1. The zero-order chi connectivity index (χ0) is 10.1. The van der Waals surface area contributed by atoms with Gasteiger partial charge in [-0.05, 0) is 12.5 Å². The zero-order valence-electron chi connectivity index (χ0n) is 7.71. The fourth-order valence-electron chi connectivity index (χ4n) is 1.61. The molecule has 0 saturated carbocycles. The predicted octanol–water partition coefficient (Wildman–Crippen LogP) is 2.95. The molecule has 1 heterocycles. The van der Waals surface area contributed by atoms with Gasteiger partial charge in [-0.15, -0.1) is 0 Å². The van der Waals surface area contributed by atoms with Crippen LogP contribution < -0.4 is 0 Å². The highest BCUT2D eigenvalue weighted by atomic mass is 19.1. The molecule has 0 unspecified atom stereocenters. The summed E-state index contributed by atoms with van der Waals surface area (Å²) in [5.74, 6) is -0.196. The molecule has 3 heteroatoms. The number of hydrogen-bond acceptors (Lipinski definition) is 2. The Kier molecular flexibility index (Phi) is 2.08. The number of hydrogen-bond donors (Lipinski definition) is 0. The molecule has 0 atom stereocenters. The third-order valence-corrected chi connectivity index (χ3v) is 2.26. The first-order valence-electron chi connectivity index (χ1n) is 4.43. The quantitative estimate of drug-likeness (QED) is 0.685. The van der Waals surface area contributed by atoms with Crippen LogP contribution in [0.1, 0.15) is 23.0 Å². The molecule has 0 bridgehead atoms. The number of carbonyl (C=O) groups excluding carboxylic acids is 1. The van der Waals surface area contributed by atoms with Crippen LogP contribution in [0.5, 0.6) is 0 Å². The van der Waals surface area contributed by atoms with Crippen molar-refractivity contribution < 1.29 is 13.6 Å². The number of para-hydroxylation sites is 1. The van der Waals surface area contributed by atoms with Crippen LogP contribution in [0.2, 0.25) is 0 Å². The highest BCUT2D eigenvalue weighted by Gasteiger charge is 2.14. The number of halogens is 1. The molecule has 2 nitrogen and oxygen atoms in total. The summed E-state index contributed by atoms with van der Waals surface area (Å²) in [5, 5.41) is 0.689. The lowest BCUT2D eigenvalue weighted by atomic mass is 10.1. The Morgan fingerprint density at radius 3 is 2.93 bits per heavy atom. The van der Waals surface area contributed by atoms with Crippen molar-refractivity contribution in [1.82, 2.24) is 0 Å². The van der Waals surface area contributed by atoms with Gasteiger partial charge in [0.05, 0.1) is 0 Å². The van der Waals surface area contributed by atoms with E-state index in [1.54, 1.807) is 12.1 Å². The van der Waals surface area contributed by atoms with Crippen LogP contribution in [0.15, 0.2) is 22.6 Å². The molecule has 2 rings (SSSR count). The van der Waals surface area contributed by atoms with Gasteiger partial charge in [0.25, 0.3) is 0 Å². The van der Waals surface area contributed by atoms with Gasteiger partial charge in [0.2, 0.25) is 0 Å².